The van der Waals surface area contributed by atoms with Crippen molar-refractivity contribution in [2.24, 2.45) is 11.8 Å². The van der Waals surface area contributed by atoms with Gasteiger partial charge in [0.2, 0.25) is 23.6 Å². The van der Waals surface area contributed by atoms with Gasteiger partial charge in [-0.1, -0.05) is 41.5 Å². The number of hydrogen-bond donors (Lipinski definition) is 3. The van der Waals surface area contributed by atoms with E-state index in [1.54, 1.807) is 13.8 Å². The summed E-state index contributed by atoms with van der Waals surface area (Å²) in [7, 11) is 0. The Balaban J connectivity index is 2.56. The number of likely N-dealkylation sites (tertiary alicyclic amines) is 1. The van der Waals surface area contributed by atoms with Crippen molar-refractivity contribution >= 4 is 29.4 Å². The van der Waals surface area contributed by atoms with Crippen LogP contribution in [0.1, 0.15) is 80.1 Å². The standard InChI is InChI=1S/C24H42N4O5/c1-15(2)13-19(26-17(5)6)24(33)25-14-20(29)27-18(23(32)16(3)4)9-7-8-12-28-21(30)10-11-22(28)31/h15-19,26H,7-14H2,1-6H3,(H,25,33)(H,27,29)/t18-,19-/m0/s1. The van der Waals surface area contributed by atoms with Gasteiger partial charge in [-0.15, -0.1) is 0 Å². The summed E-state index contributed by atoms with van der Waals surface area (Å²) in [5.74, 6) is -0.970. The van der Waals surface area contributed by atoms with Crippen molar-refractivity contribution in [1.29, 1.82) is 0 Å². The number of hydrogen-bond acceptors (Lipinski definition) is 6. The van der Waals surface area contributed by atoms with Crippen LogP contribution in [0, 0.1) is 11.8 Å². The first-order valence-electron chi connectivity index (χ1n) is 12.1. The maximum Gasteiger partial charge on any atom is 0.239 e. The highest BCUT2D eigenvalue weighted by Crippen LogP contribution is 2.14. The van der Waals surface area contributed by atoms with Crippen LogP contribution in [-0.4, -0.2) is 65.5 Å². The van der Waals surface area contributed by atoms with Crippen molar-refractivity contribution in [1.82, 2.24) is 20.9 Å². The van der Waals surface area contributed by atoms with Gasteiger partial charge in [0.25, 0.3) is 0 Å². The molecule has 188 valence electrons. The van der Waals surface area contributed by atoms with Crippen molar-refractivity contribution in [3.8, 4) is 0 Å². The van der Waals surface area contributed by atoms with Gasteiger partial charge < -0.3 is 16.0 Å². The minimum atomic E-state index is -0.667. The van der Waals surface area contributed by atoms with Crippen molar-refractivity contribution in [2.75, 3.05) is 13.1 Å². The number of carbonyl (C=O) groups excluding carboxylic acids is 5. The second kappa shape index (κ2) is 14.1. The summed E-state index contributed by atoms with van der Waals surface area (Å²) in [5, 5.41) is 8.65. The van der Waals surface area contributed by atoms with Gasteiger partial charge in [-0.25, -0.2) is 0 Å². The van der Waals surface area contributed by atoms with Gasteiger partial charge in [0.1, 0.15) is 0 Å². The van der Waals surface area contributed by atoms with Crippen LogP contribution < -0.4 is 16.0 Å². The summed E-state index contributed by atoms with van der Waals surface area (Å²) < 4.78 is 0. The molecule has 0 aliphatic carbocycles. The van der Waals surface area contributed by atoms with E-state index < -0.39 is 11.9 Å². The van der Waals surface area contributed by atoms with Gasteiger partial charge >= 0.3 is 0 Å². The van der Waals surface area contributed by atoms with Crippen LogP contribution in [0.4, 0.5) is 0 Å². The maximum absolute atomic E-state index is 12.6. The lowest BCUT2D eigenvalue weighted by Gasteiger charge is -2.23. The van der Waals surface area contributed by atoms with E-state index in [4.69, 9.17) is 0 Å². The van der Waals surface area contributed by atoms with Gasteiger partial charge in [-0.3, -0.25) is 28.9 Å². The molecule has 0 bridgehead atoms. The predicted octanol–water partition coefficient (Wildman–Crippen LogP) is 1.54. The quantitative estimate of drug-likeness (QED) is 0.248. The topological polar surface area (TPSA) is 125 Å². The third-order valence-corrected chi connectivity index (χ3v) is 5.51. The van der Waals surface area contributed by atoms with Crippen LogP contribution in [-0.2, 0) is 24.0 Å². The lowest BCUT2D eigenvalue weighted by Crippen LogP contribution is -2.51. The zero-order valence-electron chi connectivity index (χ0n) is 21.0. The fourth-order valence-corrected chi connectivity index (χ4v) is 3.84. The first-order chi connectivity index (χ1) is 15.4. The summed E-state index contributed by atoms with van der Waals surface area (Å²) in [5.41, 5.74) is 0. The third kappa shape index (κ3) is 10.5. The summed E-state index contributed by atoms with van der Waals surface area (Å²) in [6.45, 7) is 11.7. The van der Waals surface area contributed by atoms with E-state index in [1.807, 2.05) is 27.7 Å². The zero-order chi connectivity index (χ0) is 25.1. The fraction of sp³-hybridized carbons (Fsp3) is 0.792. The second-order valence-electron chi connectivity index (χ2n) is 9.83. The number of nitrogens with zero attached hydrogens (tertiary/aromatic N) is 1. The molecule has 1 rings (SSSR count). The first-order valence-corrected chi connectivity index (χ1v) is 12.1. The van der Waals surface area contributed by atoms with Gasteiger partial charge in [-0.05, 0) is 31.6 Å². The maximum atomic E-state index is 12.6. The van der Waals surface area contributed by atoms with Crippen LogP contribution in [0.3, 0.4) is 0 Å². The molecular formula is C24H42N4O5. The normalized spacial score (nSPS) is 16.0. The van der Waals surface area contributed by atoms with Gasteiger partial charge in [0.05, 0.1) is 18.6 Å². The van der Waals surface area contributed by atoms with E-state index in [1.165, 1.54) is 4.90 Å². The molecule has 9 heteroatoms. The number of rotatable bonds is 15. The highest BCUT2D eigenvalue weighted by Gasteiger charge is 2.29. The third-order valence-electron chi connectivity index (χ3n) is 5.51. The summed E-state index contributed by atoms with van der Waals surface area (Å²) in [4.78, 5) is 62.3. The lowest BCUT2D eigenvalue weighted by molar-refractivity contribution is -0.138. The highest BCUT2D eigenvalue weighted by atomic mass is 16.2. The molecule has 1 saturated heterocycles. The van der Waals surface area contributed by atoms with Crippen molar-refractivity contribution in [2.45, 2.75) is 98.2 Å². The van der Waals surface area contributed by atoms with E-state index in [2.05, 4.69) is 16.0 Å². The molecule has 1 heterocycles. The number of carbonyl (C=O) groups is 5. The average Bonchev–Trinajstić information content (AvgIpc) is 3.04. The average molecular weight is 467 g/mol. The molecule has 0 radical (unpaired) electrons. The van der Waals surface area contributed by atoms with E-state index >= 15 is 0 Å². The Kier molecular flexibility index (Phi) is 12.3. The summed E-state index contributed by atoms with van der Waals surface area (Å²) in [6, 6.07) is -0.922. The molecule has 1 aliphatic heterocycles. The Bertz CT molecular complexity index is 679. The number of ketones is 1. The summed E-state index contributed by atoms with van der Waals surface area (Å²) >= 11 is 0. The molecule has 0 spiro atoms. The Morgan fingerprint density at radius 1 is 0.909 bits per heavy atom. The molecule has 0 unspecified atom stereocenters. The van der Waals surface area contributed by atoms with Crippen LogP contribution >= 0.6 is 0 Å². The van der Waals surface area contributed by atoms with E-state index in [0.717, 1.165) is 0 Å². The minimum absolute atomic E-state index is 0.0813. The Morgan fingerprint density at radius 3 is 2.03 bits per heavy atom. The minimum Gasteiger partial charge on any atom is -0.346 e. The van der Waals surface area contributed by atoms with Crippen molar-refractivity contribution in [3.63, 3.8) is 0 Å². The monoisotopic (exact) mass is 466 g/mol. The summed E-state index contributed by atoms with van der Waals surface area (Å²) in [6.07, 6.45) is 2.75. The van der Waals surface area contributed by atoms with Crippen molar-refractivity contribution < 1.29 is 24.0 Å². The SMILES string of the molecule is CC(C)C[C@H](NC(C)C)C(=O)NCC(=O)N[C@@H](CCCCN1C(=O)CCC1=O)C(=O)C(C)C. The molecule has 2 atom stereocenters. The zero-order valence-corrected chi connectivity index (χ0v) is 21.0. The molecule has 4 amide bonds. The molecule has 0 saturated carbocycles. The van der Waals surface area contributed by atoms with Crippen molar-refractivity contribution in [3.05, 3.63) is 0 Å². The van der Waals surface area contributed by atoms with E-state index in [9.17, 15) is 24.0 Å². The van der Waals surface area contributed by atoms with E-state index in [0.29, 0.717) is 38.1 Å². The molecule has 3 N–H and O–H groups in total. The number of imide groups is 1. The molecule has 0 aromatic rings. The number of amides is 4. The van der Waals surface area contributed by atoms with Gasteiger partial charge in [-0.2, -0.15) is 0 Å². The molecule has 33 heavy (non-hydrogen) atoms. The van der Waals surface area contributed by atoms with Crippen LogP contribution in [0.5, 0.6) is 0 Å². The number of nitrogens with one attached hydrogen (secondary N) is 3. The van der Waals surface area contributed by atoms with Gasteiger partial charge in [0.15, 0.2) is 5.78 Å². The fourth-order valence-electron chi connectivity index (χ4n) is 3.84. The van der Waals surface area contributed by atoms with Gasteiger partial charge in [0, 0.05) is 31.3 Å². The predicted molar refractivity (Wildman–Crippen MR) is 126 cm³/mol. The highest BCUT2D eigenvalue weighted by molar-refractivity contribution is 6.01. The lowest BCUT2D eigenvalue weighted by atomic mass is 9.97. The van der Waals surface area contributed by atoms with E-state index in [-0.39, 0.29) is 60.9 Å². The number of Topliss-reactive ketones (excluding diaryl/α,β-unsaturated/α-hetero) is 1. The molecule has 9 nitrogen and oxygen atoms in total. The largest absolute Gasteiger partial charge is 0.346 e. The van der Waals surface area contributed by atoms with Crippen LogP contribution in [0.25, 0.3) is 0 Å². The Hall–Kier alpha value is -2.29. The molecule has 0 aromatic carbocycles. The van der Waals surface area contributed by atoms with Crippen LogP contribution in [0.2, 0.25) is 0 Å². The number of unbranched alkanes of at least 4 members (excludes halogenated alkanes) is 1. The smallest absolute Gasteiger partial charge is 0.239 e. The molecule has 0 aromatic heterocycles. The van der Waals surface area contributed by atoms with Crippen LogP contribution in [0.15, 0.2) is 0 Å². The molecule has 1 aliphatic rings. The molecular weight excluding hydrogens is 424 g/mol. The molecule has 1 fully saturated rings. The first kappa shape index (κ1) is 28.7. The Labute approximate surface area is 197 Å². The Morgan fingerprint density at radius 2 is 1.52 bits per heavy atom. The second-order valence-corrected chi connectivity index (χ2v) is 9.83.